The van der Waals surface area contributed by atoms with Crippen LogP contribution >= 0.6 is 11.6 Å². The molecule has 0 N–H and O–H groups in total. The number of hydrogen-bond donors (Lipinski definition) is 0. The quantitative estimate of drug-likeness (QED) is 0.523. The van der Waals surface area contributed by atoms with Crippen molar-refractivity contribution in [2.45, 2.75) is 39.7 Å². The zero-order valence-corrected chi connectivity index (χ0v) is 18.1. The molecule has 0 saturated carbocycles. The minimum Gasteiger partial charge on any atom is -0.494 e. The summed E-state index contributed by atoms with van der Waals surface area (Å²) in [5.41, 5.74) is 2.16. The number of benzene rings is 2. The molecule has 1 aromatic heterocycles. The minimum absolute atomic E-state index is 0.122. The van der Waals surface area contributed by atoms with E-state index in [2.05, 4.69) is 6.92 Å². The van der Waals surface area contributed by atoms with Crippen molar-refractivity contribution in [1.82, 2.24) is 4.90 Å². The average molecular weight is 426 g/mol. The number of carbonyl (C=O) groups is 1. The summed E-state index contributed by atoms with van der Waals surface area (Å²) in [6, 6.07) is 10.4. The van der Waals surface area contributed by atoms with Crippen LogP contribution in [0.25, 0.3) is 11.0 Å². The monoisotopic (exact) mass is 425 g/mol. The van der Waals surface area contributed by atoms with Crippen molar-refractivity contribution < 1.29 is 13.9 Å². The van der Waals surface area contributed by atoms with Crippen molar-refractivity contribution in [3.05, 3.63) is 74.1 Å². The third-order valence-corrected chi connectivity index (χ3v) is 5.89. The Balaban J connectivity index is 1.95. The molecule has 0 fully saturated rings. The number of unbranched alkanes of at least 4 members (excludes halogenated alkanes) is 1. The maximum Gasteiger partial charge on any atom is 0.290 e. The Labute approximate surface area is 180 Å². The molecule has 1 atom stereocenters. The van der Waals surface area contributed by atoms with Gasteiger partial charge in [-0.2, -0.15) is 0 Å². The second-order valence-electron chi connectivity index (χ2n) is 7.53. The number of carbonyl (C=O) groups excluding carboxylic acids is 1. The standard InChI is InChI=1S/C24H24ClNO4/c1-4-6-10-26-21(15-8-7-9-16(12-15)29-5-2)20-22(27)17-13-18(25)14(3)11-19(17)30-23(20)24(26)28/h7-9,11-13,21H,4-6,10H2,1-3H3. The van der Waals surface area contributed by atoms with E-state index < -0.39 is 6.04 Å². The highest BCUT2D eigenvalue weighted by atomic mass is 35.5. The maximum atomic E-state index is 13.5. The van der Waals surface area contributed by atoms with Crippen molar-refractivity contribution in [2.24, 2.45) is 0 Å². The molecule has 1 amide bonds. The van der Waals surface area contributed by atoms with Gasteiger partial charge in [-0.1, -0.05) is 37.1 Å². The van der Waals surface area contributed by atoms with E-state index in [4.69, 9.17) is 20.8 Å². The molecule has 30 heavy (non-hydrogen) atoms. The molecule has 0 spiro atoms. The summed E-state index contributed by atoms with van der Waals surface area (Å²) in [5.74, 6) is 0.573. The van der Waals surface area contributed by atoms with Crippen LogP contribution < -0.4 is 10.2 Å². The SMILES string of the molecule is CCCCN1C(=O)c2oc3cc(C)c(Cl)cc3c(=O)c2C1c1cccc(OCC)c1. The smallest absolute Gasteiger partial charge is 0.290 e. The zero-order chi connectivity index (χ0) is 21.4. The van der Waals surface area contributed by atoms with Gasteiger partial charge in [-0.15, -0.1) is 0 Å². The molecule has 1 unspecified atom stereocenters. The van der Waals surface area contributed by atoms with Crippen molar-refractivity contribution >= 4 is 28.5 Å². The molecule has 0 bridgehead atoms. The van der Waals surface area contributed by atoms with Crippen LogP contribution in [0.2, 0.25) is 5.02 Å². The Kier molecular flexibility index (Phi) is 5.56. The van der Waals surface area contributed by atoms with Crippen LogP contribution in [0.15, 0.2) is 45.6 Å². The lowest BCUT2D eigenvalue weighted by Crippen LogP contribution is -2.30. The number of amides is 1. The highest BCUT2D eigenvalue weighted by molar-refractivity contribution is 6.32. The molecular weight excluding hydrogens is 402 g/mol. The van der Waals surface area contributed by atoms with Gasteiger partial charge in [-0.05, 0) is 55.7 Å². The largest absolute Gasteiger partial charge is 0.494 e. The van der Waals surface area contributed by atoms with Crippen molar-refractivity contribution in [2.75, 3.05) is 13.2 Å². The molecule has 3 aromatic rings. The van der Waals surface area contributed by atoms with E-state index in [9.17, 15) is 9.59 Å². The Bertz CT molecular complexity index is 1180. The number of nitrogens with zero attached hydrogens (tertiary/aromatic N) is 1. The molecule has 1 aliphatic rings. The molecular formula is C24H24ClNO4. The van der Waals surface area contributed by atoms with Crippen molar-refractivity contribution in [3.63, 3.8) is 0 Å². The Morgan fingerprint density at radius 3 is 2.70 bits per heavy atom. The summed E-state index contributed by atoms with van der Waals surface area (Å²) in [6.07, 6.45) is 1.77. The molecule has 2 heterocycles. The Morgan fingerprint density at radius 2 is 1.97 bits per heavy atom. The highest BCUT2D eigenvalue weighted by Gasteiger charge is 2.42. The first-order valence-corrected chi connectivity index (χ1v) is 10.6. The fourth-order valence-electron chi connectivity index (χ4n) is 3.99. The predicted octanol–water partition coefficient (Wildman–Crippen LogP) is 5.50. The molecule has 2 aromatic carbocycles. The molecule has 156 valence electrons. The average Bonchev–Trinajstić information content (AvgIpc) is 3.01. The number of fused-ring (bicyclic) bond motifs is 2. The highest BCUT2D eigenvalue weighted by Crippen LogP contribution is 2.39. The first-order chi connectivity index (χ1) is 14.5. The topological polar surface area (TPSA) is 59.8 Å². The van der Waals surface area contributed by atoms with E-state index >= 15 is 0 Å². The summed E-state index contributed by atoms with van der Waals surface area (Å²) in [4.78, 5) is 28.5. The molecule has 4 rings (SSSR count). The van der Waals surface area contributed by atoms with Crippen molar-refractivity contribution in [1.29, 1.82) is 0 Å². The van der Waals surface area contributed by atoms with Gasteiger partial charge < -0.3 is 14.1 Å². The van der Waals surface area contributed by atoms with Gasteiger partial charge >= 0.3 is 0 Å². The van der Waals surface area contributed by atoms with Gasteiger partial charge in [0.1, 0.15) is 11.3 Å². The van der Waals surface area contributed by atoms with Crippen LogP contribution in [0.5, 0.6) is 5.75 Å². The van der Waals surface area contributed by atoms with E-state index in [1.807, 2.05) is 38.1 Å². The van der Waals surface area contributed by atoms with Crippen LogP contribution in [0, 0.1) is 6.92 Å². The molecule has 0 saturated heterocycles. The summed E-state index contributed by atoms with van der Waals surface area (Å²) < 4.78 is 11.6. The van der Waals surface area contributed by atoms with Gasteiger partial charge in [0.25, 0.3) is 5.91 Å². The maximum absolute atomic E-state index is 13.5. The van der Waals surface area contributed by atoms with E-state index in [0.717, 1.165) is 24.0 Å². The second-order valence-corrected chi connectivity index (χ2v) is 7.94. The normalized spacial score (nSPS) is 15.7. The Hall–Kier alpha value is -2.79. The molecule has 1 aliphatic heterocycles. The van der Waals surface area contributed by atoms with Gasteiger partial charge in [-0.3, -0.25) is 9.59 Å². The van der Waals surface area contributed by atoms with E-state index in [0.29, 0.717) is 40.5 Å². The van der Waals surface area contributed by atoms with Crippen molar-refractivity contribution in [3.8, 4) is 5.75 Å². The fraction of sp³-hybridized carbons (Fsp3) is 0.333. The van der Waals surface area contributed by atoms with Gasteiger partial charge in [0, 0.05) is 11.6 Å². The predicted molar refractivity (Wildman–Crippen MR) is 118 cm³/mol. The Morgan fingerprint density at radius 1 is 1.17 bits per heavy atom. The van der Waals surface area contributed by atoms with Gasteiger partial charge in [0.2, 0.25) is 5.76 Å². The lowest BCUT2D eigenvalue weighted by atomic mass is 9.98. The zero-order valence-electron chi connectivity index (χ0n) is 17.3. The van der Waals surface area contributed by atoms with Crippen LogP contribution in [0.4, 0.5) is 0 Å². The van der Waals surface area contributed by atoms with Gasteiger partial charge in [-0.25, -0.2) is 0 Å². The summed E-state index contributed by atoms with van der Waals surface area (Å²) in [6.45, 7) is 6.90. The molecule has 5 nitrogen and oxygen atoms in total. The number of halogens is 1. The number of aryl methyl sites for hydroxylation is 1. The summed E-state index contributed by atoms with van der Waals surface area (Å²) in [7, 11) is 0. The summed E-state index contributed by atoms with van der Waals surface area (Å²) >= 11 is 6.27. The lowest BCUT2D eigenvalue weighted by Gasteiger charge is -2.25. The second kappa shape index (κ2) is 8.15. The van der Waals surface area contributed by atoms with Gasteiger partial charge in [0.15, 0.2) is 5.43 Å². The first kappa shape index (κ1) is 20.5. The third-order valence-electron chi connectivity index (χ3n) is 5.48. The molecule has 0 radical (unpaired) electrons. The number of ether oxygens (including phenoxy) is 1. The summed E-state index contributed by atoms with van der Waals surface area (Å²) in [5, 5.41) is 0.886. The van der Waals surface area contributed by atoms with Crippen LogP contribution in [0.1, 0.15) is 60.0 Å². The van der Waals surface area contributed by atoms with E-state index in [1.54, 1.807) is 17.0 Å². The van der Waals surface area contributed by atoms with Gasteiger partial charge in [0.05, 0.1) is 23.6 Å². The number of rotatable bonds is 6. The number of hydrogen-bond acceptors (Lipinski definition) is 4. The van der Waals surface area contributed by atoms with Crippen LogP contribution in [-0.2, 0) is 0 Å². The van der Waals surface area contributed by atoms with Crippen LogP contribution in [0.3, 0.4) is 0 Å². The third kappa shape index (κ3) is 3.37. The molecule has 0 aliphatic carbocycles. The minimum atomic E-state index is -0.514. The first-order valence-electron chi connectivity index (χ1n) is 10.3. The van der Waals surface area contributed by atoms with Crippen LogP contribution in [-0.4, -0.2) is 24.0 Å². The molecule has 6 heteroatoms. The lowest BCUT2D eigenvalue weighted by molar-refractivity contribution is 0.0725. The van der Waals surface area contributed by atoms with E-state index in [1.165, 1.54) is 0 Å². The van der Waals surface area contributed by atoms with E-state index in [-0.39, 0.29) is 17.1 Å². The fourth-order valence-corrected chi connectivity index (χ4v) is 4.15.